The highest BCUT2D eigenvalue weighted by Gasteiger charge is 2.32. The van der Waals surface area contributed by atoms with Gasteiger partial charge in [-0.25, -0.2) is 4.98 Å². The molecule has 4 rings (SSSR count). The number of amides is 2. The number of rotatable bonds is 4. The van der Waals surface area contributed by atoms with Gasteiger partial charge in [-0.05, 0) is 23.8 Å². The van der Waals surface area contributed by atoms with Crippen LogP contribution in [0.3, 0.4) is 0 Å². The zero-order chi connectivity index (χ0) is 19.7. The number of carbonyl (C=O) groups is 2. The van der Waals surface area contributed by atoms with Crippen LogP contribution in [0.2, 0.25) is 0 Å². The quantitative estimate of drug-likeness (QED) is 0.732. The normalized spacial score (nSPS) is 16.4. The minimum atomic E-state index is -0.646. The van der Waals surface area contributed by atoms with Gasteiger partial charge in [0.2, 0.25) is 5.91 Å². The van der Waals surface area contributed by atoms with Gasteiger partial charge >= 0.3 is 0 Å². The van der Waals surface area contributed by atoms with Gasteiger partial charge in [0.25, 0.3) is 5.91 Å². The Bertz CT molecular complexity index is 1010. The molecule has 2 N–H and O–H groups in total. The lowest BCUT2D eigenvalue weighted by atomic mass is 10.0. The molecule has 1 unspecified atom stereocenters. The number of likely N-dealkylation sites (N-methyl/N-ethyl adjacent to an activating group) is 1. The van der Waals surface area contributed by atoms with E-state index in [4.69, 9.17) is 4.74 Å². The smallest absolute Gasteiger partial charge is 0.254 e. The minimum absolute atomic E-state index is 0.159. The van der Waals surface area contributed by atoms with E-state index in [9.17, 15) is 9.59 Å². The molecule has 7 nitrogen and oxygen atoms in total. The zero-order valence-electron chi connectivity index (χ0n) is 15.6. The zero-order valence-corrected chi connectivity index (χ0v) is 15.6. The number of benzene rings is 2. The van der Waals surface area contributed by atoms with E-state index >= 15 is 0 Å². The third kappa shape index (κ3) is 3.22. The molecule has 7 heteroatoms. The number of H-pyrrole nitrogens is 1. The Balaban J connectivity index is 1.57. The fourth-order valence-electron chi connectivity index (χ4n) is 3.37. The first kappa shape index (κ1) is 17.8. The summed E-state index contributed by atoms with van der Waals surface area (Å²) in [6.45, 7) is 0. The van der Waals surface area contributed by atoms with Crippen molar-refractivity contribution in [1.29, 1.82) is 0 Å². The number of ether oxygens (including phenoxy) is 1. The molecule has 0 saturated heterocycles. The van der Waals surface area contributed by atoms with Crippen molar-refractivity contribution in [3.63, 3.8) is 0 Å². The summed E-state index contributed by atoms with van der Waals surface area (Å²) in [5, 5.41) is 2.85. The fourth-order valence-corrected chi connectivity index (χ4v) is 3.37. The Labute approximate surface area is 162 Å². The molecule has 1 aliphatic heterocycles. The molecule has 1 aromatic heterocycles. The van der Waals surface area contributed by atoms with E-state index in [0.717, 1.165) is 16.8 Å². The van der Waals surface area contributed by atoms with Gasteiger partial charge in [0.05, 0.1) is 30.4 Å². The number of carbonyl (C=O) groups excluding carboxylic acids is 2. The number of imidazole rings is 1. The standard InChI is InChI=1S/C21H20N4O3/c1-25-19-8-7-15(28-2)10-16(19)20(26)24-17(21(25)27)9-13-3-5-14(6-4-13)18-11-22-12-23-18/h3-8,10-12,17H,9H2,1-2H3,(H,22,23)(H,24,26). The van der Waals surface area contributed by atoms with Crippen LogP contribution < -0.4 is 15.0 Å². The third-order valence-electron chi connectivity index (χ3n) is 4.93. The number of methoxy groups -OCH3 is 1. The molecule has 2 amide bonds. The summed E-state index contributed by atoms with van der Waals surface area (Å²) in [6, 6.07) is 12.3. The number of aromatic amines is 1. The maximum Gasteiger partial charge on any atom is 0.254 e. The highest BCUT2D eigenvalue weighted by Crippen LogP contribution is 2.28. The monoisotopic (exact) mass is 376 g/mol. The first-order valence-electron chi connectivity index (χ1n) is 8.91. The van der Waals surface area contributed by atoms with E-state index in [-0.39, 0.29) is 11.8 Å². The van der Waals surface area contributed by atoms with Crippen molar-refractivity contribution in [3.05, 3.63) is 66.1 Å². The number of hydrogen-bond acceptors (Lipinski definition) is 4. The van der Waals surface area contributed by atoms with Crippen LogP contribution in [0.15, 0.2) is 55.0 Å². The van der Waals surface area contributed by atoms with Crippen molar-refractivity contribution in [2.75, 3.05) is 19.1 Å². The van der Waals surface area contributed by atoms with Gasteiger partial charge in [-0.1, -0.05) is 24.3 Å². The maximum atomic E-state index is 12.9. The summed E-state index contributed by atoms with van der Waals surface area (Å²) in [6.07, 6.45) is 3.86. The molecular formula is C21H20N4O3. The van der Waals surface area contributed by atoms with Gasteiger partial charge in [0.15, 0.2) is 0 Å². The van der Waals surface area contributed by atoms with Crippen LogP contribution in [0.5, 0.6) is 5.75 Å². The van der Waals surface area contributed by atoms with Crippen LogP contribution in [-0.4, -0.2) is 42.0 Å². The average molecular weight is 376 g/mol. The molecule has 0 radical (unpaired) electrons. The predicted octanol–water partition coefficient (Wildman–Crippen LogP) is 2.40. The first-order valence-corrected chi connectivity index (χ1v) is 8.91. The topological polar surface area (TPSA) is 87.3 Å². The van der Waals surface area contributed by atoms with Crippen molar-refractivity contribution in [1.82, 2.24) is 15.3 Å². The second-order valence-corrected chi connectivity index (χ2v) is 6.66. The Morgan fingerprint density at radius 2 is 1.93 bits per heavy atom. The van der Waals surface area contributed by atoms with Crippen molar-refractivity contribution < 1.29 is 14.3 Å². The Kier molecular flexibility index (Phi) is 4.57. The number of nitrogens with zero attached hydrogens (tertiary/aromatic N) is 2. The van der Waals surface area contributed by atoms with E-state index in [1.54, 1.807) is 38.7 Å². The fraction of sp³-hybridized carbons (Fsp3) is 0.190. The van der Waals surface area contributed by atoms with Gasteiger partial charge in [0, 0.05) is 25.2 Å². The van der Waals surface area contributed by atoms with Gasteiger partial charge in [-0.2, -0.15) is 0 Å². The molecule has 1 atom stereocenters. The van der Waals surface area contributed by atoms with Crippen LogP contribution in [0, 0.1) is 0 Å². The first-order chi connectivity index (χ1) is 13.6. The number of nitrogens with one attached hydrogen (secondary N) is 2. The second-order valence-electron chi connectivity index (χ2n) is 6.66. The predicted molar refractivity (Wildman–Crippen MR) is 105 cm³/mol. The average Bonchev–Trinajstić information content (AvgIpc) is 3.24. The SMILES string of the molecule is COc1ccc2c(c1)C(=O)NC(Cc1ccc(-c3c[nH]cn3)cc1)C(=O)N2C. The van der Waals surface area contributed by atoms with E-state index in [2.05, 4.69) is 15.3 Å². The number of hydrogen-bond donors (Lipinski definition) is 2. The lowest BCUT2D eigenvalue weighted by Gasteiger charge is -2.21. The molecule has 0 aliphatic carbocycles. The molecule has 1 aliphatic rings. The van der Waals surface area contributed by atoms with Crippen LogP contribution in [-0.2, 0) is 11.2 Å². The van der Waals surface area contributed by atoms with Gasteiger partial charge in [0.1, 0.15) is 11.8 Å². The summed E-state index contributed by atoms with van der Waals surface area (Å²) in [7, 11) is 3.22. The van der Waals surface area contributed by atoms with Crippen molar-refractivity contribution in [3.8, 4) is 17.0 Å². The minimum Gasteiger partial charge on any atom is -0.497 e. The summed E-state index contributed by atoms with van der Waals surface area (Å²) >= 11 is 0. The maximum absolute atomic E-state index is 12.9. The van der Waals surface area contributed by atoms with Crippen LogP contribution in [0.4, 0.5) is 5.69 Å². The van der Waals surface area contributed by atoms with Crippen molar-refractivity contribution in [2.24, 2.45) is 0 Å². The van der Waals surface area contributed by atoms with Crippen molar-refractivity contribution in [2.45, 2.75) is 12.5 Å². The Morgan fingerprint density at radius 1 is 1.14 bits per heavy atom. The van der Waals surface area contributed by atoms with Crippen LogP contribution >= 0.6 is 0 Å². The number of anilines is 1. The Hall–Kier alpha value is -3.61. The molecule has 0 spiro atoms. The molecule has 142 valence electrons. The van der Waals surface area contributed by atoms with E-state index < -0.39 is 6.04 Å². The van der Waals surface area contributed by atoms with Gasteiger partial charge in [-0.15, -0.1) is 0 Å². The second kappa shape index (κ2) is 7.19. The number of aromatic nitrogens is 2. The summed E-state index contributed by atoms with van der Waals surface area (Å²) in [5.74, 6) is 0.126. The van der Waals surface area contributed by atoms with E-state index in [0.29, 0.717) is 23.4 Å². The lowest BCUT2D eigenvalue weighted by Crippen LogP contribution is -2.45. The molecular weight excluding hydrogens is 356 g/mol. The summed E-state index contributed by atoms with van der Waals surface area (Å²) < 4.78 is 5.21. The van der Waals surface area contributed by atoms with Crippen LogP contribution in [0.25, 0.3) is 11.3 Å². The van der Waals surface area contributed by atoms with E-state index in [1.165, 1.54) is 4.90 Å². The molecule has 0 bridgehead atoms. The highest BCUT2D eigenvalue weighted by molar-refractivity contribution is 6.11. The molecule has 2 heterocycles. The van der Waals surface area contributed by atoms with Gasteiger partial charge in [-0.3, -0.25) is 9.59 Å². The number of fused-ring (bicyclic) bond motifs is 1. The van der Waals surface area contributed by atoms with Gasteiger partial charge < -0.3 is 19.9 Å². The summed E-state index contributed by atoms with van der Waals surface area (Å²) in [4.78, 5) is 34.3. The summed E-state index contributed by atoms with van der Waals surface area (Å²) in [5.41, 5.74) is 3.79. The molecule has 0 saturated carbocycles. The van der Waals surface area contributed by atoms with E-state index in [1.807, 2.05) is 30.5 Å². The molecule has 0 fully saturated rings. The molecule has 3 aromatic rings. The highest BCUT2D eigenvalue weighted by atomic mass is 16.5. The van der Waals surface area contributed by atoms with Crippen molar-refractivity contribution >= 4 is 17.5 Å². The largest absolute Gasteiger partial charge is 0.497 e. The molecule has 2 aromatic carbocycles. The molecule has 28 heavy (non-hydrogen) atoms. The Morgan fingerprint density at radius 3 is 2.61 bits per heavy atom. The van der Waals surface area contributed by atoms with Crippen LogP contribution in [0.1, 0.15) is 15.9 Å². The lowest BCUT2D eigenvalue weighted by molar-refractivity contribution is -0.120. The third-order valence-corrected chi connectivity index (χ3v) is 4.93.